The zero-order valence-electron chi connectivity index (χ0n) is 18.1. The Morgan fingerprint density at radius 2 is 1.36 bits per heavy atom. The van der Waals surface area contributed by atoms with E-state index in [1.807, 2.05) is 29.5 Å². The van der Waals surface area contributed by atoms with Crippen LogP contribution in [-0.2, 0) is 10.1 Å². The third kappa shape index (κ3) is 3.70. The quantitative estimate of drug-likeness (QED) is 0.331. The normalized spacial score (nSPS) is 13.4. The van der Waals surface area contributed by atoms with Crippen LogP contribution < -0.4 is 27.3 Å². The summed E-state index contributed by atoms with van der Waals surface area (Å²) < 4.78 is 0. The standard InChI is InChI=1S/C13H28B9NO2/c1-12(2,4(15)3-14)11(24)23(25)13(21,22)5-6(16)8(18)10(20)9(19)7(5)17/h4,25H,3,14-22H2,1-2H3. The summed E-state index contributed by atoms with van der Waals surface area (Å²) in [6, 6.07) is 0. The van der Waals surface area contributed by atoms with Crippen molar-refractivity contribution in [2.75, 3.05) is 0 Å². The minimum atomic E-state index is -0.792. The van der Waals surface area contributed by atoms with E-state index >= 15 is 0 Å². The predicted octanol–water partition coefficient (Wildman–Crippen LogP) is -9.93. The minimum Gasteiger partial charge on any atom is -0.286 e. The van der Waals surface area contributed by atoms with Crippen LogP contribution in [0, 0.1) is 5.41 Å². The first-order valence-corrected chi connectivity index (χ1v) is 9.33. The number of hydrogen-bond donors (Lipinski definition) is 1. The zero-order valence-corrected chi connectivity index (χ0v) is 18.1. The Morgan fingerprint density at radius 3 is 1.72 bits per heavy atom. The van der Waals surface area contributed by atoms with Crippen LogP contribution in [0.1, 0.15) is 19.4 Å². The summed E-state index contributed by atoms with van der Waals surface area (Å²) in [6.45, 7) is 3.85. The molecule has 0 aliphatic rings. The topological polar surface area (TPSA) is 40.5 Å². The Balaban J connectivity index is 3.51. The van der Waals surface area contributed by atoms with Gasteiger partial charge in [-0.25, -0.2) is 5.06 Å². The number of carbonyl (C=O) groups excluding carboxylic acids is 1. The van der Waals surface area contributed by atoms with Gasteiger partial charge in [-0.2, -0.15) is 0 Å². The first-order chi connectivity index (χ1) is 11.2. The summed E-state index contributed by atoms with van der Waals surface area (Å²) in [6.07, 6.45) is 0.897. The number of benzene rings is 1. The Labute approximate surface area is 161 Å². The van der Waals surface area contributed by atoms with Crippen LogP contribution in [0.15, 0.2) is 0 Å². The second kappa shape index (κ2) is 7.46. The maximum atomic E-state index is 13.1. The molecule has 0 aliphatic heterocycles. The molecule has 1 aromatic rings. The van der Waals surface area contributed by atoms with E-state index in [0.29, 0.717) is 0 Å². The van der Waals surface area contributed by atoms with Gasteiger partial charge >= 0.3 is 0 Å². The minimum absolute atomic E-state index is 0.189. The largest absolute Gasteiger partial charge is 0.286 e. The fraction of sp³-hybridized carbons (Fsp3) is 0.462. The first-order valence-electron chi connectivity index (χ1n) is 9.33. The number of carbonyl (C=O) groups is 1. The van der Waals surface area contributed by atoms with Crippen LogP contribution in [0.2, 0.25) is 12.1 Å². The van der Waals surface area contributed by atoms with Crippen LogP contribution in [0.4, 0.5) is 0 Å². The van der Waals surface area contributed by atoms with Crippen LogP contribution in [-0.4, -0.2) is 86.8 Å². The predicted molar refractivity (Wildman–Crippen MR) is 134 cm³/mol. The van der Waals surface area contributed by atoms with E-state index in [1.165, 1.54) is 16.4 Å². The molecule has 124 valence electrons. The molecule has 1 rings (SSSR count). The fourth-order valence-electron chi connectivity index (χ4n) is 3.77. The van der Waals surface area contributed by atoms with E-state index in [2.05, 4.69) is 54.9 Å². The van der Waals surface area contributed by atoms with Crippen molar-refractivity contribution in [1.82, 2.24) is 5.06 Å². The summed E-state index contributed by atoms with van der Waals surface area (Å²) in [5.41, 5.74) is 6.48. The molecule has 12 heteroatoms. The number of rotatable bonds is 5. The number of hydrogen-bond acceptors (Lipinski definition) is 2. The second-order valence-corrected chi connectivity index (χ2v) is 8.71. The SMILES string of the molecule is BCC(B)C(C)(C)C(=O)N(O)C(B)(B)c1c(B)c(B)c(B)c(B)c1B. The first kappa shape index (κ1) is 22.3. The molecule has 0 fully saturated rings. The highest BCUT2D eigenvalue weighted by Crippen LogP contribution is 2.35. The highest BCUT2D eigenvalue weighted by Gasteiger charge is 2.42. The van der Waals surface area contributed by atoms with Crippen molar-refractivity contribution >= 4 is 104 Å². The molecule has 1 atom stereocenters. The number of hydroxylamine groups is 2. The lowest BCUT2D eigenvalue weighted by Crippen LogP contribution is -2.64. The molecule has 0 radical (unpaired) electrons. The molecule has 0 bridgehead atoms. The smallest absolute Gasteiger partial charge is 0.250 e. The van der Waals surface area contributed by atoms with E-state index in [1.54, 1.807) is 0 Å². The molecular formula is C13H28B9NO2. The summed E-state index contributed by atoms with van der Waals surface area (Å²) in [7, 11) is 18.5. The maximum Gasteiger partial charge on any atom is 0.250 e. The van der Waals surface area contributed by atoms with Crippen LogP contribution in [0.5, 0.6) is 0 Å². The monoisotopic (exact) mass is 329 g/mol. The van der Waals surface area contributed by atoms with Crippen molar-refractivity contribution < 1.29 is 10.0 Å². The molecule has 1 aromatic carbocycles. The van der Waals surface area contributed by atoms with Gasteiger partial charge in [0, 0.05) is 10.8 Å². The summed E-state index contributed by atoms with van der Waals surface area (Å²) in [5.74, 6) is -0.0318. The Bertz CT molecular complexity index is 664. The lowest BCUT2D eigenvalue weighted by molar-refractivity contribution is -0.184. The number of nitrogens with zero attached hydrogens (tertiary/aromatic N) is 1. The Kier molecular flexibility index (Phi) is 6.65. The third-order valence-electron chi connectivity index (χ3n) is 6.73. The molecule has 1 amide bonds. The van der Waals surface area contributed by atoms with E-state index < -0.39 is 10.8 Å². The van der Waals surface area contributed by atoms with Gasteiger partial charge in [0.05, 0.1) is 0 Å². The lowest BCUT2D eigenvalue weighted by Gasteiger charge is -2.43. The van der Waals surface area contributed by atoms with E-state index in [9.17, 15) is 10.0 Å². The van der Waals surface area contributed by atoms with Crippen LogP contribution in [0.3, 0.4) is 0 Å². The average Bonchev–Trinajstić information content (AvgIpc) is 2.55. The van der Waals surface area contributed by atoms with Crippen molar-refractivity contribution in [1.29, 1.82) is 0 Å². The van der Waals surface area contributed by atoms with E-state index in [0.717, 1.165) is 27.9 Å². The molecule has 0 saturated carbocycles. The van der Waals surface area contributed by atoms with E-state index in [4.69, 9.17) is 0 Å². The summed E-state index contributed by atoms with van der Waals surface area (Å²) >= 11 is 0. The maximum absolute atomic E-state index is 13.1. The summed E-state index contributed by atoms with van der Waals surface area (Å²) in [5, 5.41) is 11.1. The third-order valence-corrected chi connectivity index (χ3v) is 6.73. The van der Waals surface area contributed by atoms with Gasteiger partial charge in [-0.1, -0.05) is 42.5 Å². The van der Waals surface area contributed by atoms with Gasteiger partial charge in [0.1, 0.15) is 70.6 Å². The van der Waals surface area contributed by atoms with E-state index in [-0.39, 0.29) is 11.7 Å². The molecule has 25 heavy (non-hydrogen) atoms. The molecule has 0 heterocycles. The second-order valence-electron chi connectivity index (χ2n) is 8.71. The molecule has 0 aromatic heterocycles. The van der Waals surface area contributed by atoms with Crippen molar-refractivity contribution in [2.45, 2.75) is 31.3 Å². The van der Waals surface area contributed by atoms with Gasteiger partial charge in [0.25, 0.3) is 5.91 Å². The van der Waals surface area contributed by atoms with Crippen molar-refractivity contribution in [3.05, 3.63) is 5.56 Å². The molecule has 0 aliphatic carbocycles. The van der Waals surface area contributed by atoms with Gasteiger partial charge in [0.15, 0.2) is 0 Å². The van der Waals surface area contributed by atoms with Crippen LogP contribution in [0.25, 0.3) is 0 Å². The molecule has 1 unspecified atom stereocenters. The highest BCUT2D eigenvalue weighted by molar-refractivity contribution is 6.68. The van der Waals surface area contributed by atoms with Gasteiger partial charge in [-0.05, 0) is 0 Å². The lowest BCUT2D eigenvalue weighted by atomic mass is 9.49. The van der Waals surface area contributed by atoms with Crippen molar-refractivity contribution in [3.8, 4) is 0 Å². The molecular weight excluding hydrogens is 299 g/mol. The molecule has 1 N–H and O–H groups in total. The summed E-state index contributed by atoms with van der Waals surface area (Å²) in [4.78, 5) is 13.1. The van der Waals surface area contributed by atoms with Gasteiger partial charge < -0.3 is 0 Å². The zero-order chi connectivity index (χ0) is 19.9. The molecule has 3 nitrogen and oxygen atoms in total. The van der Waals surface area contributed by atoms with Crippen molar-refractivity contribution in [2.24, 2.45) is 5.41 Å². The molecule has 0 spiro atoms. The average molecular weight is 328 g/mol. The van der Waals surface area contributed by atoms with Crippen LogP contribution >= 0.6 is 0 Å². The fourth-order valence-corrected chi connectivity index (χ4v) is 3.77. The Hall–Kier alpha value is -0.766. The van der Waals surface area contributed by atoms with Gasteiger partial charge in [-0.3, -0.25) is 10.0 Å². The van der Waals surface area contributed by atoms with Gasteiger partial charge in [-0.15, -0.1) is 16.4 Å². The number of amides is 1. The molecule has 0 saturated heterocycles. The van der Waals surface area contributed by atoms with Gasteiger partial charge in [0.2, 0.25) is 0 Å². The van der Waals surface area contributed by atoms with Crippen molar-refractivity contribution in [3.63, 3.8) is 0 Å². The Morgan fingerprint density at radius 1 is 1.00 bits per heavy atom. The highest BCUT2D eigenvalue weighted by atomic mass is 16.5.